The van der Waals surface area contributed by atoms with E-state index in [-0.39, 0.29) is 17.9 Å². The second kappa shape index (κ2) is 8.17. The van der Waals surface area contributed by atoms with Crippen LogP contribution in [0.25, 0.3) is 0 Å². The molecule has 0 bridgehead atoms. The Labute approximate surface area is 154 Å². The molecule has 3 rings (SSSR count). The van der Waals surface area contributed by atoms with Gasteiger partial charge < -0.3 is 9.80 Å². The molecule has 26 heavy (non-hydrogen) atoms. The smallest absolute Gasteiger partial charge is 0.274 e. The lowest BCUT2D eigenvalue weighted by Gasteiger charge is -2.31. The third kappa shape index (κ3) is 3.95. The third-order valence-electron chi connectivity index (χ3n) is 4.93. The molecule has 1 fully saturated rings. The Hall–Kier alpha value is -2.63. The van der Waals surface area contributed by atoms with Gasteiger partial charge in [-0.25, -0.2) is 0 Å². The van der Waals surface area contributed by atoms with Crippen LogP contribution in [0.5, 0.6) is 0 Å². The number of hydrogen-bond acceptors (Lipinski definition) is 3. The SMILES string of the molecule is CC[C@H]1CN(C(=O)c2ccn(CC)n2)CCC(=O)N1Cc1ccccc1. The zero-order chi connectivity index (χ0) is 18.5. The van der Waals surface area contributed by atoms with Gasteiger partial charge in [0.1, 0.15) is 5.69 Å². The van der Waals surface area contributed by atoms with E-state index < -0.39 is 0 Å². The molecule has 1 atom stereocenters. The van der Waals surface area contributed by atoms with Gasteiger partial charge in [-0.2, -0.15) is 5.10 Å². The number of carbonyl (C=O) groups is 2. The molecule has 0 radical (unpaired) electrons. The van der Waals surface area contributed by atoms with Gasteiger partial charge in [-0.3, -0.25) is 14.3 Å². The second-order valence-electron chi connectivity index (χ2n) is 6.63. The summed E-state index contributed by atoms with van der Waals surface area (Å²) in [6.07, 6.45) is 2.98. The Morgan fingerprint density at radius 2 is 1.96 bits per heavy atom. The largest absolute Gasteiger partial charge is 0.335 e. The molecule has 1 aliphatic heterocycles. The van der Waals surface area contributed by atoms with Crippen molar-refractivity contribution in [1.82, 2.24) is 19.6 Å². The number of benzene rings is 1. The number of amides is 2. The highest BCUT2D eigenvalue weighted by Gasteiger charge is 2.31. The zero-order valence-corrected chi connectivity index (χ0v) is 15.5. The Balaban J connectivity index is 1.76. The van der Waals surface area contributed by atoms with Crippen LogP contribution in [0.3, 0.4) is 0 Å². The molecule has 1 aromatic carbocycles. The molecule has 0 spiro atoms. The van der Waals surface area contributed by atoms with Crippen LogP contribution in [-0.2, 0) is 17.9 Å². The first-order valence-electron chi connectivity index (χ1n) is 9.28. The van der Waals surface area contributed by atoms with E-state index in [9.17, 15) is 9.59 Å². The van der Waals surface area contributed by atoms with Crippen molar-refractivity contribution in [2.24, 2.45) is 0 Å². The average Bonchev–Trinajstić information content (AvgIpc) is 3.10. The summed E-state index contributed by atoms with van der Waals surface area (Å²) < 4.78 is 1.75. The summed E-state index contributed by atoms with van der Waals surface area (Å²) >= 11 is 0. The highest BCUT2D eigenvalue weighted by molar-refractivity contribution is 5.92. The predicted molar refractivity (Wildman–Crippen MR) is 99.5 cm³/mol. The van der Waals surface area contributed by atoms with E-state index >= 15 is 0 Å². The fourth-order valence-electron chi connectivity index (χ4n) is 3.37. The molecule has 0 unspecified atom stereocenters. The van der Waals surface area contributed by atoms with Gasteiger partial charge in [0.15, 0.2) is 0 Å². The maximum Gasteiger partial charge on any atom is 0.274 e. The van der Waals surface area contributed by atoms with Gasteiger partial charge in [-0.05, 0) is 25.0 Å². The van der Waals surface area contributed by atoms with Crippen molar-refractivity contribution in [3.63, 3.8) is 0 Å². The van der Waals surface area contributed by atoms with E-state index in [0.29, 0.717) is 31.7 Å². The first-order chi connectivity index (χ1) is 12.6. The lowest BCUT2D eigenvalue weighted by Crippen LogP contribution is -2.43. The number of nitrogens with zero attached hydrogens (tertiary/aromatic N) is 4. The van der Waals surface area contributed by atoms with E-state index in [1.807, 2.05) is 48.4 Å². The molecular weight excluding hydrogens is 328 g/mol. The fraction of sp³-hybridized carbons (Fsp3) is 0.450. The van der Waals surface area contributed by atoms with E-state index in [0.717, 1.165) is 18.5 Å². The summed E-state index contributed by atoms with van der Waals surface area (Å²) in [6, 6.07) is 11.8. The Morgan fingerprint density at radius 3 is 2.62 bits per heavy atom. The molecule has 0 aliphatic carbocycles. The van der Waals surface area contributed by atoms with Crippen molar-refractivity contribution in [2.75, 3.05) is 13.1 Å². The molecule has 0 N–H and O–H groups in total. The minimum atomic E-state index is -0.0926. The van der Waals surface area contributed by atoms with Crippen LogP contribution in [0.15, 0.2) is 42.6 Å². The molecule has 2 aromatic rings. The summed E-state index contributed by atoms with van der Waals surface area (Å²) in [5, 5.41) is 4.32. The van der Waals surface area contributed by atoms with Gasteiger partial charge in [-0.15, -0.1) is 0 Å². The first-order valence-corrected chi connectivity index (χ1v) is 9.28. The topological polar surface area (TPSA) is 58.4 Å². The van der Waals surface area contributed by atoms with Crippen molar-refractivity contribution < 1.29 is 9.59 Å². The number of hydrogen-bond donors (Lipinski definition) is 0. The number of rotatable bonds is 5. The molecule has 6 heteroatoms. The molecular formula is C20H26N4O2. The average molecular weight is 354 g/mol. The standard InChI is InChI=1S/C20H26N4O2/c1-3-17-15-22(20(26)18-10-13-23(4-2)21-18)12-11-19(25)24(17)14-16-8-6-5-7-9-16/h5-10,13,17H,3-4,11-12,14-15H2,1-2H3/t17-/m0/s1. The lowest BCUT2D eigenvalue weighted by molar-refractivity contribution is -0.133. The lowest BCUT2D eigenvalue weighted by atomic mass is 10.1. The highest BCUT2D eigenvalue weighted by atomic mass is 16.2. The summed E-state index contributed by atoms with van der Waals surface area (Å²) in [6.45, 7) is 6.36. The van der Waals surface area contributed by atoms with Crippen molar-refractivity contribution in [2.45, 2.75) is 45.8 Å². The van der Waals surface area contributed by atoms with Gasteiger partial charge >= 0.3 is 0 Å². The van der Waals surface area contributed by atoms with Gasteiger partial charge in [0.05, 0.1) is 0 Å². The molecule has 138 valence electrons. The van der Waals surface area contributed by atoms with Crippen molar-refractivity contribution in [3.05, 3.63) is 53.9 Å². The van der Waals surface area contributed by atoms with E-state index in [4.69, 9.17) is 0 Å². The Morgan fingerprint density at radius 1 is 1.19 bits per heavy atom. The van der Waals surface area contributed by atoms with Gasteiger partial charge in [0.2, 0.25) is 5.91 Å². The fourth-order valence-corrected chi connectivity index (χ4v) is 3.37. The van der Waals surface area contributed by atoms with Crippen molar-refractivity contribution >= 4 is 11.8 Å². The molecule has 1 aromatic heterocycles. The number of aromatic nitrogens is 2. The normalized spacial score (nSPS) is 18.1. The van der Waals surface area contributed by atoms with Crippen LogP contribution in [0.2, 0.25) is 0 Å². The van der Waals surface area contributed by atoms with Gasteiger partial charge in [-0.1, -0.05) is 37.3 Å². The first kappa shape index (κ1) is 18.2. The molecule has 1 aliphatic rings. The van der Waals surface area contributed by atoms with Crippen molar-refractivity contribution in [1.29, 1.82) is 0 Å². The van der Waals surface area contributed by atoms with Crippen LogP contribution in [0, 0.1) is 0 Å². The van der Waals surface area contributed by atoms with Crippen LogP contribution in [-0.4, -0.2) is 50.5 Å². The zero-order valence-electron chi connectivity index (χ0n) is 15.5. The van der Waals surface area contributed by atoms with Crippen LogP contribution >= 0.6 is 0 Å². The second-order valence-corrected chi connectivity index (χ2v) is 6.63. The Kier molecular flexibility index (Phi) is 5.71. The maximum atomic E-state index is 12.8. The quantitative estimate of drug-likeness (QED) is 0.829. The molecule has 2 amide bonds. The molecule has 1 saturated heterocycles. The van der Waals surface area contributed by atoms with Crippen LogP contribution < -0.4 is 0 Å². The molecule has 6 nitrogen and oxygen atoms in total. The number of aryl methyl sites for hydroxylation is 1. The summed E-state index contributed by atoms with van der Waals surface area (Å²) in [4.78, 5) is 29.2. The number of carbonyl (C=O) groups excluding carboxylic acids is 2. The molecule has 0 saturated carbocycles. The van der Waals surface area contributed by atoms with E-state index in [1.165, 1.54) is 0 Å². The Bertz CT molecular complexity index is 756. The van der Waals surface area contributed by atoms with Gasteiger partial charge in [0, 0.05) is 44.8 Å². The van der Waals surface area contributed by atoms with Crippen LogP contribution in [0.4, 0.5) is 0 Å². The summed E-state index contributed by atoms with van der Waals surface area (Å²) in [5.41, 5.74) is 1.56. The van der Waals surface area contributed by atoms with Gasteiger partial charge in [0.25, 0.3) is 5.91 Å². The monoisotopic (exact) mass is 354 g/mol. The predicted octanol–water partition coefficient (Wildman–Crippen LogP) is 2.56. The van der Waals surface area contributed by atoms with Crippen LogP contribution in [0.1, 0.15) is 42.7 Å². The highest BCUT2D eigenvalue weighted by Crippen LogP contribution is 2.19. The molecule has 2 heterocycles. The maximum absolute atomic E-state index is 12.8. The van der Waals surface area contributed by atoms with E-state index in [2.05, 4.69) is 12.0 Å². The van der Waals surface area contributed by atoms with E-state index in [1.54, 1.807) is 15.6 Å². The summed E-state index contributed by atoms with van der Waals surface area (Å²) in [5.74, 6) is 0.0140. The minimum Gasteiger partial charge on any atom is -0.335 e. The van der Waals surface area contributed by atoms with Crippen molar-refractivity contribution in [3.8, 4) is 0 Å². The third-order valence-corrected chi connectivity index (χ3v) is 4.93. The summed E-state index contributed by atoms with van der Waals surface area (Å²) in [7, 11) is 0. The minimum absolute atomic E-state index is 0.0161.